The summed E-state index contributed by atoms with van der Waals surface area (Å²) in [7, 11) is 0. The Morgan fingerprint density at radius 2 is 1.66 bits per heavy atom. The zero-order valence-electron chi connectivity index (χ0n) is 19.0. The first-order chi connectivity index (χ1) is 13.7. The molecule has 0 amide bonds. The molecule has 9 atom stereocenters. The van der Waals surface area contributed by atoms with E-state index in [1.165, 1.54) is 58.8 Å². The molecule has 0 radical (unpaired) electrons. The Morgan fingerprint density at radius 3 is 2.34 bits per heavy atom. The molecule has 0 N–H and O–H groups in total. The highest BCUT2D eigenvalue weighted by molar-refractivity contribution is 5.67. The molecule has 0 aromatic carbocycles. The first-order valence-corrected chi connectivity index (χ1v) is 12.0. The van der Waals surface area contributed by atoms with E-state index < -0.39 is 0 Å². The van der Waals surface area contributed by atoms with Gasteiger partial charge in [0, 0.05) is 19.8 Å². The van der Waals surface area contributed by atoms with Gasteiger partial charge in [0.25, 0.3) is 0 Å². The molecule has 0 saturated heterocycles. The zero-order chi connectivity index (χ0) is 21.0. The molecule has 4 saturated carbocycles. The molecule has 0 heterocycles. The summed E-state index contributed by atoms with van der Waals surface area (Å²) in [6, 6.07) is 0. The van der Waals surface area contributed by atoms with Crippen molar-refractivity contribution >= 4 is 11.9 Å². The predicted octanol–water partition coefficient (Wildman–Crippen LogP) is 5.53. The van der Waals surface area contributed by atoms with Gasteiger partial charge in [0.2, 0.25) is 0 Å². The van der Waals surface area contributed by atoms with Crippen molar-refractivity contribution in [2.45, 2.75) is 105 Å². The molecule has 0 unspecified atom stereocenters. The molecule has 4 rings (SSSR count). The average Bonchev–Trinajstić information content (AvgIpc) is 2.91. The van der Waals surface area contributed by atoms with Crippen molar-refractivity contribution in [3.05, 3.63) is 0 Å². The first kappa shape index (κ1) is 21.2. The topological polar surface area (TPSA) is 52.6 Å². The highest BCUT2D eigenvalue weighted by Gasteiger charge is 2.64. The number of hydrogen-bond acceptors (Lipinski definition) is 4. The average molecular weight is 405 g/mol. The lowest BCUT2D eigenvalue weighted by molar-refractivity contribution is -0.163. The van der Waals surface area contributed by atoms with Gasteiger partial charge in [0.15, 0.2) is 0 Å². The third-order valence-electron chi connectivity index (χ3n) is 9.84. The molecule has 4 fully saturated rings. The third kappa shape index (κ3) is 3.43. The molecule has 0 bridgehead atoms. The molecule has 0 aromatic heterocycles. The van der Waals surface area contributed by atoms with Crippen LogP contribution in [0.25, 0.3) is 0 Å². The summed E-state index contributed by atoms with van der Waals surface area (Å²) < 4.78 is 11.5. The van der Waals surface area contributed by atoms with Gasteiger partial charge in [0.1, 0.15) is 12.2 Å². The van der Waals surface area contributed by atoms with Crippen LogP contribution in [0.2, 0.25) is 0 Å². The van der Waals surface area contributed by atoms with Gasteiger partial charge < -0.3 is 9.47 Å². The number of ether oxygens (including phenoxy) is 2. The van der Waals surface area contributed by atoms with Gasteiger partial charge in [0.05, 0.1) is 0 Å². The predicted molar refractivity (Wildman–Crippen MR) is 112 cm³/mol. The third-order valence-corrected chi connectivity index (χ3v) is 9.84. The van der Waals surface area contributed by atoms with E-state index in [4.69, 9.17) is 9.47 Å². The van der Waals surface area contributed by atoms with Gasteiger partial charge in [-0.2, -0.15) is 0 Å². The Morgan fingerprint density at radius 1 is 0.897 bits per heavy atom. The summed E-state index contributed by atoms with van der Waals surface area (Å²) in [4.78, 5) is 23.6. The molecule has 4 aliphatic carbocycles. The standard InChI is InChI=1S/C25H40O4/c1-15(28-16(2)26)23-22(29-17(3)27)14-21-19-10-9-18-8-6-7-12-24(18,4)20(19)11-13-25(21,23)5/h15,18-23H,6-14H2,1-5H3/t15-,18+,19-,20-,21-,22-,23-,24+,25-/m1/s1. The lowest BCUT2D eigenvalue weighted by Gasteiger charge is -2.60. The van der Waals surface area contributed by atoms with Crippen LogP contribution in [0.3, 0.4) is 0 Å². The van der Waals surface area contributed by atoms with Crippen LogP contribution in [0.1, 0.15) is 92.4 Å². The Kier molecular flexibility index (Phi) is 5.53. The van der Waals surface area contributed by atoms with Crippen LogP contribution >= 0.6 is 0 Å². The summed E-state index contributed by atoms with van der Waals surface area (Å²) >= 11 is 0. The van der Waals surface area contributed by atoms with E-state index >= 15 is 0 Å². The maximum atomic E-state index is 11.9. The summed E-state index contributed by atoms with van der Waals surface area (Å²) in [5, 5.41) is 0. The second-order valence-corrected chi connectivity index (χ2v) is 11.2. The van der Waals surface area contributed by atoms with E-state index in [2.05, 4.69) is 13.8 Å². The van der Waals surface area contributed by atoms with Crippen molar-refractivity contribution < 1.29 is 19.1 Å². The van der Waals surface area contributed by atoms with Gasteiger partial charge in [-0.15, -0.1) is 0 Å². The van der Waals surface area contributed by atoms with Crippen molar-refractivity contribution in [1.82, 2.24) is 0 Å². The number of carbonyl (C=O) groups excluding carboxylic acids is 2. The van der Waals surface area contributed by atoms with E-state index in [1.807, 2.05) is 6.92 Å². The number of carbonyl (C=O) groups is 2. The minimum Gasteiger partial charge on any atom is -0.462 e. The molecule has 4 heteroatoms. The highest BCUT2D eigenvalue weighted by Crippen LogP contribution is 2.68. The summed E-state index contributed by atoms with van der Waals surface area (Å²) in [6.45, 7) is 9.98. The van der Waals surface area contributed by atoms with E-state index in [0.29, 0.717) is 11.3 Å². The minimum absolute atomic E-state index is 0.0774. The zero-order valence-corrected chi connectivity index (χ0v) is 19.0. The fourth-order valence-electron chi connectivity index (χ4n) is 8.83. The molecule has 0 aromatic rings. The van der Waals surface area contributed by atoms with Gasteiger partial charge in [-0.3, -0.25) is 9.59 Å². The maximum Gasteiger partial charge on any atom is 0.302 e. The molecule has 4 aliphatic rings. The summed E-state index contributed by atoms with van der Waals surface area (Å²) in [6.07, 6.45) is 11.3. The summed E-state index contributed by atoms with van der Waals surface area (Å²) in [5.74, 6) is 2.64. The van der Waals surface area contributed by atoms with E-state index in [-0.39, 0.29) is 35.5 Å². The lowest BCUT2D eigenvalue weighted by atomic mass is 9.45. The van der Waals surface area contributed by atoms with Crippen LogP contribution < -0.4 is 0 Å². The van der Waals surface area contributed by atoms with Crippen molar-refractivity contribution in [1.29, 1.82) is 0 Å². The van der Waals surface area contributed by atoms with Crippen LogP contribution in [0.15, 0.2) is 0 Å². The number of esters is 2. The SMILES string of the molecule is CC(=O)O[C@H](C)[C@@H]1[C@H](OC(C)=O)C[C@@H]2[C@@H]3CC[C@@H]4CCCC[C@]4(C)[C@@H]3CC[C@@]12C. The normalized spacial score (nSPS) is 47.3. The first-order valence-electron chi connectivity index (χ1n) is 12.0. The molecule has 0 spiro atoms. The summed E-state index contributed by atoms with van der Waals surface area (Å²) in [5.41, 5.74) is 0.576. The lowest BCUT2D eigenvalue weighted by Crippen LogP contribution is -2.53. The molecule has 29 heavy (non-hydrogen) atoms. The molecular formula is C25H40O4. The smallest absolute Gasteiger partial charge is 0.302 e. The van der Waals surface area contributed by atoms with E-state index in [1.54, 1.807) is 0 Å². The second kappa shape index (κ2) is 7.57. The van der Waals surface area contributed by atoms with Crippen molar-refractivity contribution in [3.63, 3.8) is 0 Å². The Hall–Kier alpha value is -1.06. The highest BCUT2D eigenvalue weighted by atomic mass is 16.6. The van der Waals surface area contributed by atoms with Crippen LogP contribution in [0, 0.1) is 40.4 Å². The van der Waals surface area contributed by atoms with Crippen LogP contribution in [0.5, 0.6) is 0 Å². The van der Waals surface area contributed by atoms with Gasteiger partial charge in [-0.25, -0.2) is 0 Å². The minimum atomic E-state index is -0.241. The molecule has 0 aliphatic heterocycles. The van der Waals surface area contributed by atoms with Crippen molar-refractivity contribution in [2.24, 2.45) is 40.4 Å². The largest absolute Gasteiger partial charge is 0.462 e. The Labute approximate surface area is 176 Å². The van der Waals surface area contributed by atoms with Crippen LogP contribution in [0.4, 0.5) is 0 Å². The van der Waals surface area contributed by atoms with Crippen molar-refractivity contribution in [3.8, 4) is 0 Å². The van der Waals surface area contributed by atoms with Crippen LogP contribution in [-0.2, 0) is 19.1 Å². The number of hydrogen-bond donors (Lipinski definition) is 0. The fourth-order valence-corrected chi connectivity index (χ4v) is 8.83. The quantitative estimate of drug-likeness (QED) is 0.581. The molecule has 4 nitrogen and oxygen atoms in total. The maximum absolute atomic E-state index is 11.9. The van der Waals surface area contributed by atoms with E-state index in [0.717, 1.165) is 30.6 Å². The number of fused-ring (bicyclic) bond motifs is 5. The van der Waals surface area contributed by atoms with Gasteiger partial charge in [-0.05, 0) is 86.4 Å². The fraction of sp³-hybridized carbons (Fsp3) is 0.920. The molecule has 164 valence electrons. The van der Waals surface area contributed by atoms with Gasteiger partial charge >= 0.3 is 11.9 Å². The monoisotopic (exact) mass is 404 g/mol. The van der Waals surface area contributed by atoms with E-state index in [9.17, 15) is 9.59 Å². The van der Waals surface area contributed by atoms with Crippen molar-refractivity contribution in [2.75, 3.05) is 0 Å². The van der Waals surface area contributed by atoms with Gasteiger partial charge in [-0.1, -0.05) is 26.7 Å². The Bertz CT molecular complexity index is 659. The number of rotatable bonds is 3. The second-order valence-electron chi connectivity index (χ2n) is 11.2. The molecular weight excluding hydrogens is 364 g/mol. The Balaban J connectivity index is 1.64. The van der Waals surface area contributed by atoms with Crippen LogP contribution in [-0.4, -0.2) is 24.1 Å².